The normalized spacial score (nSPS) is 14.3. The second kappa shape index (κ2) is 5.25. The molecule has 0 saturated heterocycles. The summed E-state index contributed by atoms with van der Waals surface area (Å²) in [7, 11) is 0. The van der Waals surface area contributed by atoms with E-state index in [4.69, 9.17) is 6.57 Å². The highest BCUT2D eigenvalue weighted by Crippen LogP contribution is 2.31. The fraction of sp³-hybridized carbons (Fsp3) is 0.333. The van der Waals surface area contributed by atoms with Crippen LogP contribution in [-0.4, -0.2) is 21.5 Å². The molecule has 0 amide bonds. The number of aromatic nitrogens is 3. The minimum Gasteiger partial charge on any atom is -0.361 e. The first-order valence-corrected chi connectivity index (χ1v) is 6.72. The fourth-order valence-corrected chi connectivity index (χ4v) is 2.49. The molecule has 2 aromatic rings. The molecule has 5 nitrogen and oxygen atoms in total. The third-order valence-electron chi connectivity index (χ3n) is 3.42. The van der Waals surface area contributed by atoms with Gasteiger partial charge in [0.1, 0.15) is 11.6 Å². The van der Waals surface area contributed by atoms with E-state index in [1.165, 1.54) is 0 Å². The van der Waals surface area contributed by atoms with Gasteiger partial charge < -0.3 is 9.74 Å². The fourth-order valence-electron chi connectivity index (χ4n) is 2.49. The van der Waals surface area contributed by atoms with Gasteiger partial charge in [0.2, 0.25) is 0 Å². The molecule has 1 aliphatic rings. The molecule has 0 radical (unpaired) electrons. The lowest BCUT2D eigenvalue weighted by Gasteiger charge is -2.22. The van der Waals surface area contributed by atoms with E-state index in [-0.39, 0.29) is 0 Å². The molecule has 20 heavy (non-hydrogen) atoms. The van der Waals surface area contributed by atoms with Gasteiger partial charge in [0.05, 0.1) is 5.69 Å². The van der Waals surface area contributed by atoms with Crippen LogP contribution in [0.1, 0.15) is 24.4 Å². The van der Waals surface area contributed by atoms with Crippen molar-refractivity contribution in [3.63, 3.8) is 0 Å². The number of hydrogen-bond acceptors (Lipinski definition) is 4. The van der Waals surface area contributed by atoms with Crippen molar-refractivity contribution in [3.05, 3.63) is 47.3 Å². The predicted octanol–water partition coefficient (Wildman–Crippen LogP) is 3.21. The van der Waals surface area contributed by atoms with Crippen molar-refractivity contribution in [3.8, 4) is 0 Å². The predicted molar refractivity (Wildman–Crippen MR) is 77.2 cm³/mol. The monoisotopic (exact) mass is 265 g/mol. The summed E-state index contributed by atoms with van der Waals surface area (Å²) in [6, 6.07) is 5.68. The van der Waals surface area contributed by atoms with Crippen molar-refractivity contribution in [2.75, 3.05) is 11.4 Å². The van der Waals surface area contributed by atoms with Gasteiger partial charge in [-0.15, -0.1) is 4.98 Å². The number of hydrogen-bond donors (Lipinski definition) is 0. The molecule has 0 bridgehead atoms. The molecule has 0 spiro atoms. The minimum absolute atomic E-state index is 0.462. The van der Waals surface area contributed by atoms with E-state index in [0.29, 0.717) is 5.82 Å². The molecule has 5 heteroatoms. The first kappa shape index (κ1) is 12.5. The van der Waals surface area contributed by atoms with Crippen LogP contribution in [0.2, 0.25) is 0 Å². The van der Waals surface area contributed by atoms with Crippen LogP contribution < -0.4 is 4.90 Å². The second-order valence-electron chi connectivity index (χ2n) is 4.82. The van der Waals surface area contributed by atoms with Crippen LogP contribution in [0.15, 0.2) is 24.4 Å². The zero-order chi connectivity index (χ0) is 13.9. The van der Waals surface area contributed by atoms with Gasteiger partial charge in [-0.25, -0.2) is 9.97 Å². The van der Waals surface area contributed by atoms with Gasteiger partial charge in [-0.1, -0.05) is 6.57 Å². The number of anilines is 2. The van der Waals surface area contributed by atoms with Crippen molar-refractivity contribution in [1.29, 1.82) is 0 Å². The van der Waals surface area contributed by atoms with Crippen molar-refractivity contribution in [2.24, 2.45) is 0 Å². The van der Waals surface area contributed by atoms with Crippen LogP contribution in [0.3, 0.4) is 0 Å². The summed E-state index contributed by atoms with van der Waals surface area (Å²) in [5, 5.41) is 0. The van der Waals surface area contributed by atoms with E-state index >= 15 is 0 Å². The summed E-state index contributed by atoms with van der Waals surface area (Å²) in [6.45, 7) is 9.90. The SMILES string of the molecule is [C-]#[N+]c1ccc2c(n1)CCCCN2c1ccnc(C)n1. The number of nitrogens with zero attached hydrogens (tertiary/aromatic N) is 5. The molecule has 0 saturated carbocycles. The maximum atomic E-state index is 7.09. The molecule has 3 heterocycles. The lowest BCUT2D eigenvalue weighted by molar-refractivity contribution is 0.750. The largest absolute Gasteiger partial charge is 0.361 e. The Kier molecular flexibility index (Phi) is 3.30. The van der Waals surface area contributed by atoms with E-state index in [1.807, 2.05) is 19.1 Å². The molecule has 0 unspecified atom stereocenters. The molecular weight excluding hydrogens is 250 g/mol. The van der Waals surface area contributed by atoms with Crippen molar-refractivity contribution < 1.29 is 0 Å². The van der Waals surface area contributed by atoms with Gasteiger partial charge in [0, 0.05) is 19.2 Å². The first-order valence-electron chi connectivity index (χ1n) is 6.72. The van der Waals surface area contributed by atoms with Crippen molar-refractivity contribution in [1.82, 2.24) is 15.0 Å². The Morgan fingerprint density at radius 1 is 1.20 bits per heavy atom. The van der Waals surface area contributed by atoms with E-state index in [2.05, 4.69) is 24.7 Å². The van der Waals surface area contributed by atoms with Crippen LogP contribution >= 0.6 is 0 Å². The number of aryl methyl sites for hydroxylation is 2. The molecule has 0 fully saturated rings. The summed E-state index contributed by atoms with van der Waals surface area (Å²) >= 11 is 0. The van der Waals surface area contributed by atoms with Crippen LogP contribution in [0.5, 0.6) is 0 Å². The van der Waals surface area contributed by atoms with Crippen LogP contribution in [0, 0.1) is 13.5 Å². The van der Waals surface area contributed by atoms with Gasteiger partial charge >= 0.3 is 0 Å². The summed E-state index contributed by atoms with van der Waals surface area (Å²) in [5.74, 6) is 2.13. The maximum absolute atomic E-state index is 7.09. The molecule has 0 aromatic carbocycles. The molecule has 0 N–H and O–H groups in total. The molecule has 3 rings (SSSR count). The topological polar surface area (TPSA) is 46.3 Å². The Morgan fingerprint density at radius 2 is 2.10 bits per heavy atom. The summed E-state index contributed by atoms with van der Waals surface area (Å²) in [6.07, 6.45) is 4.87. The van der Waals surface area contributed by atoms with Gasteiger partial charge in [-0.05, 0) is 38.0 Å². The standard InChI is InChI=1S/C15H15N5/c1-11-17-9-8-15(18-11)20-10-4-3-5-12-13(20)6-7-14(16-2)19-12/h6-9H,3-5,10H2,1H3. The number of fused-ring (bicyclic) bond motifs is 1. The van der Waals surface area contributed by atoms with Gasteiger partial charge in [0.15, 0.2) is 5.69 Å². The summed E-state index contributed by atoms with van der Waals surface area (Å²) in [5.41, 5.74) is 2.06. The van der Waals surface area contributed by atoms with Crippen LogP contribution in [0.4, 0.5) is 17.3 Å². The quantitative estimate of drug-likeness (QED) is 0.743. The summed E-state index contributed by atoms with van der Waals surface area (Å²) in [4.78, 5) is 18.7. The van der Waals surface area contributed by atoms with Gasteiger partial charge in [-0.2, -0.15) is 0 Å². The van der Waals surface area contributed by atoms with E-state index in [9.17, 15) is 0 Å². The second-order valence-corrected chi connectivity index (χ2v) is 4.82. The zero-order valence-electron chi connectivity index (χ0n) is 11.4. The summed E-state index contributed by atoms with van der Waals surface area (Å²) < 4.78 is 0. The number of pyridine rings is 1. The molecule has 100 valence electrons. The smallest absolute Gasteiger partial charge is 0.269 e. The third-order valence-corrected chi connectivity index (χ3v) is 3.42. The molecule has 0 atom stereocenters. The molecule has 1 aliphatic heterocycles. The van der Waals surface area contributed by atoms with Crippen molar-refractivity contribution in [2.45, 2.75) is 26.2 Å². The molecular formula is C15H15N5. The van der Waals surface area contributed by atoms with E-state index in [1.54, 1.807) is 12.3 Å². The Bertz CT molecular complexity index is 674. The third kappa shape index (κ3) is 2.32. The highest BCUT2D eigenvalue weighted by Gasteiger charge is 2.21. The van der Waals surface area contributed by atoms with Crippen LogP contribution in [-0.2, 0) is 6.42 Å². The average molecular weight is 265 g/mol. The zero-order valence-corrected chi connectivity index (χ0v) is 11.4. The molecule has 2 aromatic heterocycles. The average Bonchev–Trinajstić information content (AvgIpc) is 2.68. The lowest BCUT2D eigenvalue weighted by Crippen LogP contribution is -2.19. The first-order chi connectivity index (χ1) is 9.78. The van der Waals surface area contributed by atoms with Gasteiger partial charge in [0.25, 0.3) is 5.82 Å². The highest BCUT2D eigenvalue weighted by atomic mass is 15.2. The Morgan fingerprint density at radius 3 is 2.90 bits per heavy atom. The maximum Gasteiger partial charge on any atom is 0.269 e. The Hall–Kier alpha value is -2.48. The Labute approximate surface area is 118 Å². The van der Waals surface area contributed by atoms with Gasteiger partial charge in [-0.3, -0.25) is 0 Å². The number of rotatable bonds is 1. The van der Waals surface area contributed by atoms with E-state index in [0.717, 1.165) is 48.8 Å². The van der Waals surface area contributed by atoms with Crippen LogP contribution in [0.25, 0.3) is 4.85 Å². The van der Waals surface area contributed by atoms with E-state index < -0.39 is 0 Å². The highest BCUT2D eigenvalue weighted by molar-refractivity contribution is 5.64. The molecule has 0 aliphatic carbocycles. The van der Waals surface area contributed by atoms with Crippen molar-refractivity contribution >= 4 is 17.3 Å². The minimum atomic E-state index is 0.462. The lowest BCUT2D eigenvalue weighted by atomic mass is 10.2. The Balaban J connectivity index is 2.08.